The number of nitrogens with zero attached hydrogens (tertiary/aromatic N) is 5. The standard InChI is InChI=1S/C23H28F2N6O4S/c1-2-8-36-23-27-21(26-14-9-12(14)11-4-3-5-13(24)17(11)25)18-22(28-23)31(30-29-18)15-10-16(35-7-6-32)20(34)19(15)33/h3-5,12,14-16,19-20,32-34H,2,6-10H2,1H3,(H,26,27,28)/t12-,14+,15+,16-,19-,20+/m0/s1/i1D3,2D2,8D2. The fourth-order valence-electron chi connectivity index (χ4n) is 4.51. The van der Waals surface area contributed by atoms with E-state index in [1.54, 1.807) is 0 Å². The molecule has 0 amide bonds. The summed E-state index contributed by atoms with van der Waals surface area (Å²) in [5, 5.41) is 41.1. The summed E-state index contributed by atoms with van der Waals surface area (Å²) in [4.78, 5) is 8.54. The smallest absolute Gasteiger partial charge is 0.191 e. The summed E-state index contributed by atoms with van der Waals surface area (Å²) < 4.78 is 89.7. The molecule has 0 spiro atoms. The molecule has 2 aliphatic carbocycles. The molecule has 36 heavy (non-hydrogen) atoms. The second kappa shape index (κ2) is 10.5. The van der Waals surface area contributed by atoms with Gasteiger partial charge in [0.25, 0.3) is 0 Å². The van der Waals surface area contributed by atoms with Crippen LogP contribution in [0.4, 0.5) is 14.6 Å². The van der Waals surface area contributed by atoms with Crippen molar-refractivity contribution in [2.75, 3.05) is 24.2 Å². The number of nitrogens with one attached hydrogen (secondary N) is 1. The molecule has 2 aromatic heterocycles. The van der Waals surface area contributed by atoms with Gasteiger partial charge < -0.3 is 25.4 Å². The molecule has 0 saturated heterocycles. The van der Waals surface area contributed by atoms with Crippen LogP contribution in [0, 0.1) is 11.6 Å². The quantitative estimate of drug-likeness (QED) is 0.228. The Hall–Kier alpha value is -2.45. The third-order valence-electron chi connectivity index (χ3n) is 6.33. The molecule has 0 radical (unpaired) electrons. The third kappa shape index (κ3) is 4.77. The normalized spacial score (nSPS) is 31.6. The van der Waals surface area contributed by atoms with E-state index in [1.165, 1.54) is 16.8 Å². The van der Waals surface area contributed by atoms with E-state index in [-0.39, 0.29) is 53.9 Å². The van der Waals surface area contributed by atoms with Crippen LogP contribution in [0.25, 0.3) is 11.2 Å². The van der Waals surface area contributed by atoms with Crippen molar-refractivity contribution in [3.05, 3.63) is 35.4 Å². The van der Waals surface area contributed by atoms with E-state index in [0.717, 1.165) is 6.07 Å². The van der Waals surface area contributed by atoms with Crippen LogP contribution >= 0.6 is 11.8 Å². The molecule has 2 fully saturated rings. The van der Waals surface area contributed by atoms with Gasteiger partial charge in [-0.25, -0.2) is 23.4 Å². The predicted octanol–water partition coefficient (Wildman–Crippen LogP) is 2.01. The van der Waals surface area contributed by atoms with Crippen LogP contribution in [-0.4, -0.2) is 83.6 Å². The van der Waals surface area contributed by atoms with Crippen molar-refractivity contribution in [1.82, 2.24) is 25.0 Å². The first-order valence-corrected chi connectivity index (χ1v) is 12.0. The van der Waals surface area contributed by atoms with Crippen molar-refractivity contribution in [1.29, 1.82) is 0 Å². The minimum Gasteiger partial charge on any atom is -0.394 e. The van der Waals surface area contributed by atoms with Crippen molar-refractivity contribution in [3.63, 3.8) is 0 Å². The molecule has 2 saturated carbocycles. The first kappa shape index (κ1) is 17.9. The summed E-state index contributed by atoms with van der Waals surface area (Å²) in [6.45, 7) is -3.74. The van der Waals surface area contributed by atoms with Gasteiger partial charge in [0, 0.05) is 33.7 Å². The average molecular weight is 530 g/mol. The van der Waals surface area contributed by atoms with Crippen molar-refractivity contribution < 1.29 is 38.4 Å². The van der Waals surface area contributed by atoms with Crippen LogP contribution in [0.2, 0.25) is 0 Å². The van der Waals surface area contributed by atoms with E-state index in [4.69, 9.17) is 19.4 Å². The summed E-state index contributed by atoms with van der Waals surface area (Å²) in [6.07, 6.45) is -6.54. The van der Waals surface area contributed by atoms with Crippen molar-refractivity contribution in [2.45, 2.75) is 67.5 Å². The van der Waals surface area contributed by atoms with Gasteiger partial charge in [-0.1, -0.05) is 36.0 Å². The van der Waals surface area contributed by atoms with E-state index in [1.807, 2.05) is 0 Å². The molecular weight excluding hydrogens is 494 g/mol. The fraction of sp³-hybridized carbons (Fsp3) is 0.565. The number of ether oxygens (including phenoxy) is 1. The highest BCUT2D eigenvalue weighted by atomic mass is 32.2. The van der Waals surface area contributed by atoms with Crippen molar-refractivity contribution >= 4 is 28.7 Å². The predicted molar refractivity (Wildman–Crippen MR) is 128 cm³/mol. The molecule has 13 heteroatoms. The second-order valence-corrected chi connectivity index (χ2v) is 9.32. The molecular formula is C23H28F2N6O4S. The number of rotatable bonds is 10. The molecule has 2 aliphatic rings. The van der Waals surface area contributed by atoms with E-state index in [9.17, 15) is 19.0 Å². The van der Waals surface area contributed by atoms with Gasteiger partial charge in [0.15, 0.2) is 33.8 Å². The highest BCUT2D eigenvalue weighted by Crippen LogP contribution is 2.45. The van der Waals surface area contributed by atoms with E-state index < -0.39 is 72.0 Å². The van der Waals surface area contributed by atoms with Gasteiger partial charge in [-0.2, -0.15) is 0 Å². The van der Waals surface area contributed by atoms with Crippen LogP contribution in [0.15, 0.2) is 23.4 Å². The molecule has 4 N–H and O–H groups in total. The Kier molecular flexibility index (Phi) is 5.22. The number of fused-ring (bicyclic) bond motifs is 1. The highest BCUT2D eigenvalue weighted by molar-refractivity contribution is 7.99. The minimum atomic E-state index is -3.33. The number of benzene rings is 1. The second-order valence-electron chi connectivity index (χ2n) is 8.54. The lowest BCUT2D eigenvalue weighted by molar-refractivity contribution is -0.0629. The maximum absolute atomic E-state index is 14.4. The Morgan fingerprint density at radius 3 is 2.94 bits per heavy atom. The molecule has 0 unspecified atom stereocenters. The number of hydrogen-bond donors (Lipinski definition) is 4. The molecule has 10 nitrogen and oxygen atoms in total. The van der Waals surface area contributed by atoms with Crippen LogP contribution in [0.5, 0.6) is 0 Å². The fourth-order valence-corrected chi connectivity index (χ4v) is 4.92. The number of aromatic nitrogens is 5. The summed E-state index contributed by atoms with van der Waals surface area (Å²) in [5.41, 5.74) is -2.94. The maximum atomic E-state index is 14.4. The Morgan fingerprint density at radius 1 is 1.28 bits per heavy atom. The molecule has 3 aromatic rings. The van der Waals surface area contributed by atoms with Gasteiger partial charge >= 0.3 is 0 Å². The van der Waals surface area contributed by atoms with Gasteiger partial charge in [-0.05, 0) is 24.4 Å². The summed E-state index contributed by atoms with van der Waals surface area (Å²) >= 11 is 0.119. The Morgan fingerprint density at radius 2 is 2.14 bits per heavy atom. The van der Waals surface area contributed by atoms with Crippen LogP contribution in [-0.2, 0) is 4.74 Å². The SMILES string of the molecule is [2H]C([2H])([2H])C([2H])([2H])C([2H])([2H])Sc1nc(N[C@@H]2C[C@H]2c2cccc(F)c2F)c2nnn([C@@H]3C[C@H](OCCO)[C@@H](O)[C@H]3O)c2n1. The van der Waals surface area contributed by atoms with Crippen molar-refractivity contribution in [2.24, 2.45) is 0 Å². The topological polar surface area (TPSA) is 138 Å². The van der Waals surface area contributed by atoms with Gasteiger partial charge in [0.2, 0.25) is 0 Å². The third-order valence-corrected chi connectivity index (χ3v) is 6.90. The first-order chi connectivity index (χ1) is 20.1. The lowest BCUT2D eigenvalue weighted by Gasteiger charge is -2.17. The molecule has 194 valence electrons. The van der Waals surface area contributed by atoms with Gasteiger partial charge in [-0.15, -0.1) is 5.10 Å². The largest absolute Gasteiger partial charge is 0.394 e. The highest BCUT2D eigenvalue weighted by Gasteiger charge is 2.45. The number of thioether (sulfide) groups is 1. The Bertz CT molecular complexity index is 1500. The van der Waals surface area contributed by atoms with E-state index >= 15 is 0 Å². The van der Waals surface area contributed by atoms with Gasteiger partial charge in [0.1, 0.15) is 12.2 Å². The molecule has 0 aliphatic heterocycles. The monoisotopic (exact) mass is 529 g/mol. The Balaban J connectivity index is 1.52. The number of aliphatic hydroxyl groups is 3. The zero-order chi connectivity index (χ0) is 31.5. The number of hydrogen-bond acceptors (Lipinski definition) is 10. The zero-order valence-electron chi connectivity index (χ0n) is 25.7. The van der Waals surface area contributed by atoms with Crippen molar-refractivity contribution in [3.8, 4) is 0 Å². The number of anilines is 1. The summed E-state index contributed by atoms with van der Waals surface area (Å²) in [5.74, 6) is -2.45. The first-order valence-electron chi connectivity index (χ1n) is 14.7. The molecule has 1 aromatic carbocycles. The molecule has 0 bridgehead atoms. The summed E-state index contributed by atoms with van der Waals surface area (Å²) in [7, 11) is 0. The van der Waals surface area contributed by atoms with E-state index in [0.29, 0.717) is 6.42 Å². The zero-order valence-corrected chi connectivity index (χ0v) is 19.5. The lowest BCUT2D eigenvalue weighted by Crippen LogP contribution is -2.33. The minimum absolute atomic E-state index is 0.0191. The van der Waals surface area contributed by atoms with Gasteiger partial charge in [-0.3, -0.25) is 0 Å². The summed E-state index contributed by atoms with van der Waals surface area (Å²) in [6, 6.07) is 2.43. The number of aliphatic hydroxyl groups excluding tert-OH is 3. The lowest BCUT2D eigenvalue weighted by atomic mass is 10.1. The van der Waals surface area contributed by atoms with Gasteiger partial charge in [0.05, 0.1) is 25.4 Å². The molecule has 2 heterocycles. The van der Waals surface area contributed by atoms with Crippen LogP contribution < -0.4 is 5.32 Å². The van der Waals surface area contributed by atoms with Crippen LogP contribution in [0.1, 0.15) is 53.2 Å². The Labute approximate surface area is 219 Å². The number of halogens is 2. The average Bonchev–Trinajstić information content (AvgIpc) is 3.45. The van der Waals surface area contributed by atoms with Crippen LogP contribution in [0.3, 0.4) is 0 Å². The maximum Gasteiger partial charge on any atom is 0.191 e. The van der Waals surface area contributed by atoms with E-state index in [2.05, 4.69) is 25.6 Å². The molecule has 5 rings (SSSR count). The molecule has 6 atom stereocenters.